The summed E-state index contributed by atoms with van der Waals surface area (Å²) in [5, 5.41) is 2.50. The smallest absolute Gasteiger partial charge is 0.336 e. The number of benzene rings is 1. The van der Waals surface area contributed by atoms with Crippen LogP contribution in [0.1, 0.15) is 24.9 Å². The highest BCUT2D eigenvalue weighted by Gasteiger charge is 2.31. The second-order valence-corrected chi connectivity index (χ2v) is 5.85. The summed E-state index contributed by atoms with van der Waals surface area (Å²) in [6.07, 6.45) is -1.13. The van der Waals surface area contributed by atoms with Crippen LogP contribution < -0.4 is 5.32 Å². The molecule has 0 radical (unpaired) electrons. The number of esters is 1. The zero-order valence-corrected chi connectivity index (χ0v) is 14.5. The van der Waals surface area contributed by atoms with E-state index in [1.165, 1.54) is 25.0 Å². The minimum atomic E-state index is -0.958. The van der Waals surface area contributed by atoms with Gasteiger partial charge in [0.2, 0.25) is 11.8 Å². The van der Waals surface area contributed by atoms with Gasteiger partial charge in [-0.15, -0.1) is 0 Å². The van der Waals surface area contributed by atoms with Gasteiger partial charge in [-0.05, 0) is 6.07 Å². The molecule has 0 unspecified atom stereocenters. The number of halogens is 2. The summed E-state index contributed by atoms with van der Waals surface area (Å²) >= 11 is 0. The molecule has 1 aliphatic rings. The topological polar surface area (TPSA) is 84.9 Å². The molecule has 2 atom stereocenters. The first kappa shape index (κ1) is 19.8. The highest BCUT2D eigenvalue weighted by Crippen LogP contribution is 2.23. The van der Waals surface area contributed by atoms with Gasteiger partial charge in [0, 0.05) is 25.1 Å². The molecule has 1 aromatic carbocycles. The molecule has 0 saturated carbocycles. The van der Waals surface area contributed by atoms with Crippen LogP contribution in [-0.2, 0) is 23.9 Å². The molecule has 1 aliphatic heterocycles. The SMILES string of the molecule is COC(=O)[C@@H]1CN(C(=O)C[C@H](NC(C)=O)c2ccc(F)cc2F)CCO1. The number of hydrogen-bond donors (Lipinski definition) is 1. The normalized spacial score (nSPS) is 18.2. The maximum atomic E-state index is 14.1. The fraction of sp³-hybridized carbons (Fsp3) is 0.471. The van der Waals surface area contributed by atoms with Crippen LogP contribution in [0.2, 0.25) is 0 Å². The van der Waals surface area contributed by atoms with E-state index in [0.717, 1.165) is 6.07 Å². The van der Waals surface area contributed by atoms with E-state index in [1.807, 2.05) is 0 Å². The van der Waals surface area contributed by atoms with Crippen LogP contribution >= 0.6 is 0 Å². The fourth-order valence-corrected chi connectivity index (χ4v) is 2.72. The third-order valence-electron chi connectivity index (χ3n) is 3.98. The van der Waals surface area contributed by atoms with Crippen molar-refractivity contribution >= 4 is 17.8 Å². The first-order chi connectivity index (χ1) is 12.3. The first-order valence-electron chi connectivity index (χ1n) is 8.01. The molecule has 26 heavy (non-hydrogen) atoms. The number of amides is 2. The molecule has 0 bridgehead atoms. The maximum absolute atomic E-state index is 14.1. The van der Waals surface area contributed by atoms with E-state index in [2.05, 4.69) is 10.1 Å². The molecule has 9 heteroatoms. The van der Waals surface area contributed by atoms with Gasteiger partial charge >= 0.3 is 5.97 Å². The molecule has 0 aliphatic carbocycles. The van der Waals surface area contributed by atoms with Crippen molar-refractivity contribution in [2.24, 2.45) is 0 Å². The molecule has 1 N–H and O–H groups in total. The van der Waals surface area contributed by atoms with Gasteiger partial charge in [-0.1, -0.05) is 6.07 Å². The van der Waals surface area contributed by atoms with Crippen molar-refractivity contribution in [2.75, 3.05) is 26.8 Å². The summed E-state index contributed by atoms with van der Waals surface area (Å²) in [6, 6.07) is 1.98. The number of nitrogens with one attached hydrogen (secondary N) is 1. The number of morpholine rings is 1. The quantitative estimate of drug-likeness (QED) is 0.780. The molecule has 0 spiro atoms. The Hall–Kier alpha value is -2.55. The standard InChI is InChI=1S/C17H20F2N2O5/c1-10(22)20-14(12-4-3-11(18)7-13(12)19)8-16(23)21-5-6-26-15(9-21)17(24)25-2/h3-4,7,14-15H,5-6,8-9H2,1-2H3,(H,20,22)/t14-,15-/m0/s1. The Balaban J connectivity index is 2.13. The number of methoxy groups -OCH3 is 1. The highest BCUT2D eigenvalue weighted by molar-refractivity contribution is 5.81. The number of rotatable bonds is 5. The summed E-state index contributed by atoms with van der Waals surface area (Å²) in [5.74, 6) is -3.06. The molecule has 7 nitrogen and oxygen atoms in total. The van der Waals surface area contributed by atoms with Crippen LogP contribution in [0.25, 0.3) is 0 Å². The molecular formula is C17H20F2N2O5. The summed E-state index contributed by atoms with van der Waals surface area (Å²) in [5.41, 5.74) is 0.00715. The van der Waals surface area contributed by atoms with Gasteiger partial charge in [-0.25, -0.2) is 13.6 Å². The van der Waals surface area contributed by atoms with Crippen LogP contribution in [-0.4, -0.2) is 55.6 Å². The predicted molar refractivity (Wildman–Crippen MR) is 85.9 cm³/mol. The van der Waals surface area contributed by atoms with Crippen molar-refractivity contribution < 1.29 is 32.6 Å². The minimum Gasteiger partial charge on any atom is -0.467 e. The van der Waals surface area contributed by atoms with Gasteiger partial charge in [0.15, 0.2) is 6.10 Å². The third kappa shape index (κ3) is 4.98. The van der Waals surface area contributed by atoms with Crippen molar-refractivity contribution in [3.05, 3.63) is 35.4 Å². The Bertz CT molecular complexity index is 698. The maximum Gasteiger partial charge on any atom is 0.336 e. The van der Waals surface area contributed by atoms with Crippen LogP contribution in [0.5, 0.6) is 0 Å². The molecule has 2 rings (SSSR count). The second-order valence-electron chi connectivity index (χ2n) is 5.85. The second kappa shape index (κ2) is 8.70. The van der Waals surface area contributed by atoms with Crippen molar-refractivity contribution in [1.82, 2.24) is 10.2 Å². The van der Waals surface area contributed by atoms with Crippen molar-refractivity contribution in [1.29, 1.82) is 0 Å². The summed E-state index contributed by atoms with van der Waals surface area (Å²) in [4.78, 5) is 37.0. The number of carbonyl (C=O) groups excluding carboxylic acids is 3. The van der Waals surface area contributed by atoms with Gasteiger partial charge < -0.3 is 19.7 Å². The van der Waals surface area contributed by atoms with Crippen LogP contribution in [0.4, 0.5) is 8.78 Å². The van der Waals surface area contributed by atoms with E-state index in [-0.39, 0.29) is 31.7 Å². The number of hydrogen-bond acceptors (Lipinski definition) is 5. The Morgan fingerprint density at radius 3 is 2.73 bits per heavy atom. The van der Waals surface area contributed by atoms with Crippen LogP contribution in [0, 0.1) is 11.6 Å². The Labute approximate surface area is 149 Å². The number of carbonyl (C=O) groups is 3. The average Bonchev–Trinajstić information content (AvgIpc) is 2.60. The van der Waals surface area contributed by atoms with Crippen molar-refractivity contribution in [3.63, 3.8) is 0 Å². The molecule has 1 saturated heterocycles. The first-order valence-corrected chi connectivity index (χ1v) is 8.01. The highest BCUT2D eigenvalue weighted by atomic mass is 19.1. The van der Waals surface area contributed by atoms with E-state index in [0.29, 0.717) is 6.07 Å². The van der Waals surface area contributed by atoms with E-state index in [9.17, 15) is 23.2 Å². The number of ether oxygens (including phenoxy) is 2. The lowest BCUT2D eigenvalue weighted by Crippen LogP contribution is -2.49. The van der Waals surface area contributed by atoms with Gasteiger partial charge in [0.05, 0.1) is 32.7 Å². The van der Waals surface area contributed by atoms with Gasteiger partial charge in [0.25, 0.3) is 0 Å². The molecule has 0 aromatic heterocycles. The molecule has 142 valence electrons. The van der Waals surface area contributed by atoms with Crippen LogP contribution in [0.15, 0.2) is 18.2 Å². The molecular weight excluding hydrogens is 350 g/mol. The Morgan fingerprint density at radius 1 is 1.38 bits per heavy atom. The Morgan fingerprint density at radius 2 is 2.12 bits per heavy atom. The molecule has 1 fully saturated rings. The predicted octanol–water partition coefficient (Wildman–Crippen LogP) is 0.932. The zero-order chi connectivity index (χ0) is 19.3. The van der Waals surface area contributed by atoms with E-state index in [4.69, 9.17) is 4.74 Å². The number of nitrogens with zero attached hydrogens (tertiary/aromatic N) is 1. The lowest BCUT2D eigenvalue weighted by atomic mass is 10.0. The zero-order valence-electron chi connectivity index (χ0n) is 14.5. The van der Waals surface area contributed by atoms with E-state index < -0.39 is 41.6 Å². The lowest BCUT2D eigenvalue weighted by molar-refractivity contribution is -0.162. The van der Waals surface area contributed by atoms with E-state index >= 15 is 0 Å². The lowest BCUT2D eigenvalue weighted by Gasteiger charge is -2.32. The fourth-order valence-electron chi connectivity index (χ4n) is 2.72. The summed E-state index contributed by atoms with van der Waals surface area (Å²) < 4.78 is 37.0. The van der Waals surface area contributed by atoms with Gasteiger partial charge in [-0.2, -0.15) is 0 Å². The third-order valence-corrected chi connectivity index (χ3v) is 3.98. The minimum absolute atomic E-state index is 0.00416. The van der Waals surface area contributed by atoms with Crippen molar-refractivity contribution in [2.45, 2.75) is 25.5 Å². The van der Waals surface area contributed by atoms with Crippen LogP contribution in [0.3, 0.4) is 0 Å². The van der Waals surface area contributed by atoms with Crippen molar-refractivity contribution in [3.8, 4) is 0 Å². The summed E-state index contributed by atoms with van der Waals surface area (Å²) in [6.45, 7) is 1.65. The van der Waals surface area contributed by atoms with Gasteiger partial charge in [-0.3, -0.25) is 9.59 Å². The molecule has 1 heterocycles. The monoisotopic (exact) mass is 370 g/mol. The Kier molecular flexibility index (Phi) is 6.62. The summed E-state index contributed by atoms with van der Waals surface area (Å²) in [7, 11) is 1.22. The average molecular weight is 370 g/mol. The largest absolute Gasteiger partial charge is 0.467 e. The van der Waals surface area contributed by atoms with E-state index in [1.54, 1.807) is 0 Å². The van der Waals surface area contributed by atoms with Gasteiger partial charge in [0.1, 0.15) is 11.6 Å². The molecule has 1 aromatic rings. The molecule has 2 amide bonds.